The molecular formula is C14H18OS2. The van der Waals surface area contributed by atoms with E-state index in [9.17, 15) is 4.79 Å². The average Bonchev–Trinajstić information content (AvgIpc) is 2.72. The third kappa shape index (κ3) is 2.96. The van der Waals surface area contributed by atoms with E-state index in [1.165, 1.54) is 0 Å². The Labute approximate surface area is 112 Å². The van der Waals surface area contributed by atoms with E-state index in [4.69, 9.17) is 0 Å². The number of allylic oxidation sites excluding steroid dienone is 1. The first-order valence-corrected chi connectivity index (χ1v) is 8.16. The molecule has 0 unspecified atom stereocenters. The molecule has 0 atom stereocenters. The number of Topliss-reactive ketones (excluding diaryl/α,β-unsaturated/α-hetero) is 1. The van der Waals surface area contributed by atoms with Crippen molar-refractivity contribution >= 4 is 29.3 Å². The van der Waals surface area contributed by atoms with Gasteiger partial charge in [0.05, 0.1) is 0 Å². The highest BCUT2D eigenvalue weighted by atomic mass is 32.2. The summed E-state index contributed by atoms with van der Waals surface area (Å²) in [5.74, 6) is 0.212. The number of hydrogen-bond acceptors (Lipinski definition) is 3. The van der Waals surface area contributed by atoms with Gasteiger partial charge >= 0.3 is 0 Å². The van der Waals surface area contributed by atoms with Crippen molar-refractivity contribution in [1.82, 2.24) is 0 Å². The summed E-state index contributed by atoms with van der Waals surface area (Å²) in [5, 5.41) is 0. The molecule has 0 heterocycles. The molecule has 1 aliphatic rings. The molecule has 0 aromatic heterocycles. The zero-order chi connectivity index (χ0) is 12.8. The van der Waals surface area contributed by atoms with Crippen LogP contribution in [0.15, 0.2) is 34.1 Å². The minimum Gasteiger partial charge on any atom is -0.289 e. The van der Waals surface area contributed by atoms with Crippen molar-refractivity contribution in [3.8, 4) is 0 Å². The molecule has 1 aromatic rings. The smallest absolute Gasteiger partial charge is 0.191 e. The van der Waals surface area contributed by atoms with Crippen LogP contribution >= 0.6 is 23.5 Å². The molecule has 1 nitrogen and oxygen atoms in total. The Morgan fingerprint density at radius 1 is 1.12 bits per heavy atom. The number of carbonyl (C=O) groups excluding carboxylic acids is 1. The van der Waals surface area contributed by atoms with Crippen molar-refractivity contribution in [3.63, 3.8) is 0 Å². The normalized spacial score (nSPS) is 12.9. The van der Waals surface area contributed by atoms with Gasteiger partial charge < -0.3 is 0 Å². The lowest BCUT2D eigenvalue weighted by atomic mass is 10.1. The first-order chi connectivity index (χ1) is 8.27. The van der Waals surface area contributed by atoms with E-state index < -0.39 is 0 Å². The number of fused-ring (bicyclic) bond motifs is 1. The quantitative estimate of drug-likeness (QED) is 0.739. The summed E-state index contributed by atoms with van der Waals surface area (Å²) in [6.45, 7) is 4.00. The zero-order valence-corrected chi connectivity index (χ0v) is 12.4. The maximum absolute atomic E-state index is 12.1. The van der Waals surface area contributed by atoms with Gasteiger partial charge in [-0.15, -0.1) is 23.5 Å². The van der Waals surface area contributed by atoms with Crippen LogP contribution in [0.1, 0.15) is 29.8 Å². The van der Waals surface area contributed by atoms with Gasteiger partial charge in [-0.1, -0.05) is 38.1 Å². The van der Waals surface area contributed by atoms with Gasteiger partial charge in [-0.25, -0.2) is 0 Å². The third-order valence-electron chi connectivity index (χ3n) is 2.52. The topological polar surface area (TPSA) is 17.1 Å². The third-order valence-corrected chi connectivity index (χ3v) is 4.75. The predicted octanol–water partition coefficient (Wildman–Crippen LogP) is 4.39. The Morgan fingerprint density at radius 2 is 1.71 bits per heavy atom. The highest BCUT2D eigenvalue weighted by molar-refractivity contribution is 8.21. The van der Waals surface area contributed by atoms with E-state index in [0.29, 0.717) is 0 Å². The largest absolute Gasteiger partial charge is 0.289 e. The van der Waals surface area contributed by atoms with Gasteiger partial charge in [0.2, 0.25) is 0 Å². The number of hydrogen-bond donors (Lipinski definition) is 0. The Kier molecular flexibility index (Phi) is 5.86. The fraction of sp³-hybridized carbons (Fsp3) is 0.357. The van der Waals surface area contributed by atoms with Crippen LogP contribution in [0.4, 0.5) is 0 Å². The molecule has 1 aromatic carbocycles. The van der Waals surface area contributed by atoms with Crippen molar-refractivity contribution in [2.24, 2.45) is 0 Å². The lowest BCUT2D eigenvalue weighted by Gasteiger charge is -2.02. The summed E-state index contributed by atoms with van der Waals surface area (Å²) in [6.07, 6.45) is 4.84. The lowest BCUT2D eigenvalue weighted by Crippen LogP contribution is -1.96. The minimum absolute atomic E-state index is 0.212. The Bertz CT molecular complexity index is 430. The highest BCUT2D eigenvalue weighted by Gasteiger charge is 2.26. The van der Waals surface area contributed by atoms with Crippen LogP contribution in [0.5, 0.6) is 0 Å². The van der Waals surface area contributed by atoms with Crippen LogP contribution in [0, 0.1) is 0 Å². The van der Waals surface area contributed by atoms with Crippen LogP contribution in [-0.2, 0) is 6.42 Å². The standard InChI is InChI=1S/C12H12OS2.C2H6/c1-14-12(15-2)10-7-8-5-3-4-6-9(8)11(10)13;1-2/h3-6H,7H2,1-2H3;1-2H3. The summed E-state index contributed by atoms with van der Waals surface area (Å²) >= 11 is 3.33. The summed E-state index contributed by atoms with van der Waals surface area (Å²) in [7, 11) is 0. The molecule has 92 valence electrons. The van der Waals surface area contributed by atoms with Crippen molar-refractivity contribution in [2.45, 2.75) is 20.3 Å². The molecule has 0 saturated heterocycles. The first kappa shape index (κ1) is 14.4. The van der Waals surface area contributed by atoms with Gasteiger partial charge in [0, 0.05) is 21.8 Å². The molecule has 1 aliphatic carbocycles. The first-order valence-electron chi connectivity index (χ1n) is 5.71. The van der Waals surface area contributed by atoms with E-state index in [2.05, 4.69) is 0 Å². The van der Waals surface area contributed by atoms with Gasteiger partial charge in [-0.2, -0.15) is 0 Å². The van der Waals surface area contributed by atoms with Crippen molar-refractivity contribution in [1.29, 1.82) is 0 Å². The molecule has 3 heteroatoms. The number of benzene rings is 1. The fourth-order valence-corrected chi connectivity index (χ4v) is 3.31. The minimum atomic E-state index is 0.212. The molecule has 2 rings (SSSR count). The predicted molar refractivity (Wildman–Crippen MR) is 79.9 cm³/mol. The fourth-order valence-electron chi connectivity index (χ4n) is 1.82. The maximum atomic E-state index is 12.1. The number of ketones is 1. The Hall–Kier alpha value is -0.670. The van der Waals surface area contributed by atoms with Crippen molar-refractivity contribution in [3.05, 3.63) is 45.2 Å². The lowest BCUT2D eigenvalue weighted by molar-refractivity contribution is 0.103. The second-order valence-electron chi connectivity index (χ2n) is 3.34. The molecule has 0 amide bonds. The number of thioether (sulfide) groups is 2. The van der Waals surface area contributed by atoms with E-state index in [1.807, 2.05) is 50.6 Å². The molecule has 0 bridgehead atoms. The van der Waals surface area contributed by atoms with Crippen LogP contribution in [0.2, 0.25) is 0 Å². The van der Waals surface area contributed by atoms with Gasteiger partial charge in [-0.05, 0) is 18.1 Å². The number of carbonyl (C=O) groups is 1. The van der Waals surface area contributed by atoms with Crippen LogP contribution in [0.3, 0.4) is 0 Å². The summed E-state index contributed by atoms with van der Waals surface area (Å²) < 4.78 is 1.15. The van der Waals surface area contributed by atoms with Gasteiger partial charge in [0.15, 0.2) is 5.78 Å². The molecule has 0 fully saturated rings. The monoisotopic (exact) mass is 266 g/mol. The molecule has 0 aliphatic heterocycles. The molecule has 17 heavy (non-hydrogen) atoms. The van der Waals surface area contributed by atoms with Crippen LogP contribution in [-0.4, -0.2) is 18.3 Å². The second kappa shape index (κ2) is 6.92. The summed E-state index contributed by atoms with van der Waals surface area (Å²) in [5.41, 5.74) is 3.02. The van der Waals surface area contributed by atoms with E-state index in [1.54, 1.807) is 23.5 Å². The van der Waals surface area contributed by atoms with E-state index in [-0.39, 0.29) is 5.78 Å². The van der Waals surface area contributed by atoms with Crippen molar-refractivity contribution < 1.29 is 4.79 Å². The summed E-state index contributed by atoms with van der Waals surface area (Å²) in [4.78, 5) is 12.1. The van der Waals surface area contributed by atoms with E-state index >= 15 is 0 Å². The van der Waals surface area contributed by atoms with Crippen molar-refractivity contribution in [2.75, 3.05) is 12.5 Å². The summed E-state index contributed by atoms with van der Waals surface area (Å²) in [6, 6.07) is 7.88. The SMILES string of the molecule is CC.CSC(SC)=C1Cc2ccccc2C1=O. The zero-order valence-electron chi connectivity index (χ0n) is 10.7. The van der Waals surface area contributed by atoms with Crippen LogP contribution in [0.25, 0.3) is 0 Å². The van der Waals surface area contributed by atoms with E-state index in [0.717, 1.165) is 27.4 Å². The van der Waals surface area contributed by atoms with Crippen LogP contribution < -0.4 is 0 Å². The van der Waals surface area contributed by atoms with Gasteiger partial charge in [0.25, 0.3) is 0 Å². The second-order valence-corrected chi connectivity index (χ2v) is 5.23. The maximum Gasteiger partial charge on any atom is 0.191 e. The molecular weight excluding hydrogens is 248 g/mol. The van der Waals surface area contributed by atoms with Gasteiger partial charge in [-0.3, -0.25) is 4.79 Å². The molecule has 0 spiro atoms. The van der Waals surface area contributed by atoms with Gasteiger partial charge in [0.1, 0.15) is 0 Å². The molecule has 0 radical (unpaired) electrons. The molecule has 0 N–H and O–H groups in total. The highest BCUT2D eigenvalue weighted by Crippen LogP contribution is 2.35. The average molecular weight is 266 g/mol. The Balaban J connectivity index is 0.000000686. The number of rotatable bonds is 2. The molecule has 0 saturated carbocycles. The Morgan fingerprint density at radius 3 is 2.24 bits per heavy atom.